The van der Waals surface area contributed by atoms with Crippen molar-refractivity contribution in [3.8, 4) is 5.75 Å². The van der Waals surface area contributed by atoms with E-state index < -0.39 is 0 Å². The first-order chi connectivity index (χ1) is 12.8. The number of hydrogen-bond acceptors (Lipinski definition) is 4. The minimum Gasteiger partial charge on any atom is -0.496 e. The molecule has 4 rings (SSSR count). The van der Waals surface area contributed by atoms with E-state index in [1.54, 1.807) is 7.11 Å². The van der Waals surface area contributed by atoms with Gasteiger partial charge in [0, 0.05) is 49.9 Å². The Morgan fingerprint density at radius 1 is 1.04 bits per heavy atom. The van der Waals surface area contributed by atoms with Crippen LogP contribution in [0.1, 0.15) is 22.6 Å². The summed E-state index contributed by atoms with van der Waals surface area (Å²) >= 11 is 0. The summed E-state index contributed by atoms with van der Waals surface area (Å²) in [6.07, 6.45) is 0. The monoisotopic (exact) mass is 424 g/mol. The van der Waals surface area contributed by atoms with Crippen LogP contribution in [0.25, 0.3) is 0 Å². The molecule has 0 spiro atoms. The zero-order chi connectivity index (χ0) is 17.9. The number of fused-ring (bicyclic) bond motifs is 1. The van der Waals surface area contributed by atoms with E-state index in [4.69, 9.17) is 9.47 Å². The molecule has 28 heavy (non-hydrogen) atoms. The van der Waals surface area contributed by atoms with Gasteiger partial charge in [-0.05, 0) is 24.1 Å². The SMILES string of the molecule is COc1c(C)cccc1CN1CC(CN2CCOCC2)c2ccccc21.Cl.Cl. The number of aryl methyl sites for hydroxylation is 1. The summed E-state index contributed by atoms with van der Waals surface area (Å²) in [5.74, 6) is 1.57. The number of hydrogen-bond donors (Lipinski definition) is 0. The van der Waals surface area contributed by atoms with Crippen LogP contribution in [-0.4, -0.2) is 51.4 Å². The van der Waals surface area contributed by atoms with E-state index in [0.29, 0.717) is 5.92 Å². The fraction of sp³-hybridized carbons (Fsp3) is 0.455. The average molecular weight is 425 g/mol. The van der Waals surface area contributed by atoms with Crippen LogP contribution in [0.5, 0.6) is 5.75 Å². The first-order valence-electron chi connectivity index (χ1n) is 9.52. The number of methoxy groups -OCH3 is 1. The Morgan fingerprint density at radius 3 is 2.54 bits per heavy atom. The van der Waals surface area contributed by atoms with Gasteiger partial charge in [-0.2, -0.15) is 0 Å². The zero-order valence-corrected chi connectivity index (χ0v) is 18.2. The molecular formula is C22H30Cl2N2O2. The van der Waals surface area contributed by atoms with Gasteiger partial charge in [0.25, 0.3) is 0 Å². The van der Waals surface area contributed by atoms with Crippen LogP contribution in [0.2, 0.25) is 0 Å². The lowest BCUT2D eigenvalue weighted by molar-refractivity contribution is 0.0356. The molecule has 0 aromatic heterocycles. The summed E-state index contributed by atoms with van der Waals surface area (Å²) < 4.78 is 11.2. The maximum absolute atomic E-state index is 5.67. The quantitative estimate of drug-likeness (QED) is 0.714. The molecule has 0 aliphatic carbocycles. The molecule has 1 saturated heterocycles. The molecule has 0 N–H and O–H groups in total. The normalized spacial score (nSPS) is 18.8. The fourth-order valence-electron chi connectivity index (χ4n) is 4.32. The summed E-state index contributed by atoms with van der Waals surface area (Å²) in [5.41, 5.74) is 5.30. The Morgan fingerprint density at radius 2 is 1.79 bits per heavy atom. The summed E-state index contributed by atoms with van der Waals surface area (Å²) in [4.78, 5) is 5.05. The molecule has 154 valence electrons. The van der Waals surface area contributed by atoms with Gasteiger partial charge in [-0.3, -0.25) is 4.90 Å². The standard InChI is InChI=1S/C22H28N2O2.2ClH/c1-17-6-5-7-18(22(17)25-2)15-24-16-19(14-23-10-12-26-13-11-23)20-8-3-4-9-21(20)24;;/h3-9,19H,10-16H2,1-2H3;2*1H. The fourth-order valence-corrected chi connectivity index (χ4v) is 4.32. The number of rotatable bonds is 5. The molecule has 0 saturated carbocycles. The molecule has 4 nitrogen and oxygen atoms in total. The number of morpholine rings is 1. The van der Waals surface area contributed by atoms with Gasteiger partial charge in [0.15, 0.2) is 0 Å². The van der Waals surface area contributed by atoms with Gasteiger partial charge in [0.1, 0.15) is 5.75 Å². The second kappa shape index (κ2) is 10.4. The maximum Gasteiger partial charge on any atom is 0.126 e. The number of anilines is 1. The van der Waals surface area contributed by atoms with E-state index in [9.17, 15) is 0 Å². The van der Waals surface area contributed by atoms with E-state index in [1.165, 1.54) is 22.4 Å². The molecular weight excluding hydrogens is 395 g/mol. The molecule has 2 aromatic rings. The van der Waals surface area contributed by atoms with Crippen molar-refractivity contribution < 1.29 is 9.47 Å². The number of halogens is 2. The van der Waals surface area contributed by atoms with Crippen molar-refractivity contribution in [2.45, 2.75) is 19.4 Å². The van der Waals surface area contributed by atoms with Crippen molar-refractivity contribution in [1.29, 1.82) is 0 Å². The van der Waals surface area contributed by atoms with Crippen molar-refractivity contribution in [1.82, 2.24) is 4.90 Å². The minimum atomic E-state index is 0. The van der Waals surface area contributed by atoms with Gasteiger partial charge in [0.05, 0.1) is 20.3 Å². The van der Waals surface area contributed by atoms with E-state index >= 15 is 0 Å². The Hall–Kier alpha value is -1.46. The van der Waals surface area contributed by atoms with Crippen molar-refractivity contribution in [2.75, 3.05) is 51.4 Å². The molecule has 1 fully saturated rings. The van der Waals surface area contributed by atoms with Gasteiger partial charge in [-0.15, -0.1) is 24.8 Å². The van der Waals surface area contributed by atoms with Crippen LogP contribution >= 0.6 is 24.8 Å². The lowest BCUT2D eigenvalue weighted by atomic mass is 10.0. The highest BCUT2D eigenvalue weighted by Crippen LogP contribution is 2.38. The molecule has 1 atom stereocenters. The molecule has 2 aliphatic heterocycles. The molecule has 2 aliphatic rings. The first kappa shape index (κ1) is 22.8. The smallest absolute Gasteiger partial charge is 0.126 e. The van der Waals surface area contributed by atoms with Crippen molar-refractivity contribution in [2.24, 2.45) is 0 Å². The lowest BCUT2D eigenvalue weighted by Gasteiger charge is -2.29. The number of benzene rings is 2. The van der Waals surface area contributed by atoms with Gasteiger partial charge in [-0.1, -0.05) is 36.4 Å². The zero-order valence-electron chi connectivity index (χ0n) is 16.6. The van der Waals surface area contributed by atoms with Gasteiger partial charge in [-0.25, -0.2) is 0 Å². The summed E-state index contributed by atoms with van der Waals surface area (Å²) in [6, 6.07) is 15.3. The second-order valence-electron chi connectivity index (χ2n) is 7.32. The van der Waals surface area contributed by atoms with Crippen LogP contribution in [0.15, 0.2) is 42.5 Å². The minimum absolute atomic E-state index is 0. The predicted molar refractivity (Wildman–Crippen MR) is 120 cm³/mol. The van der Waals surface area contributed by atoms with Crippen LogP contribution in [0.3, 0.4) is 0 Å². The van der Waals surface area contributed by atoms with E-state index in [1.807, 2.05) is 0 Å². The van der Waals surface area contributed by atoms with Crippen molar-refractivity contribution >= 4 is 30.5 Å². The van der Waals surface area contributed by atoms with Crippen LogP contribution in [-0.2, 0) is 11.3 Å². The average Bonchev–Trinajstić information content (AvgIpc) is 3.00. The molecule has 2 aromatic carbocycles. The van der Waals surface area contributed by atoms with Gasteiger partial charge in [0.2, 0.25) is 0 Å². The number of ether oxygens (including phenoxy) is 2. The Bertz CT molecular complexity index is 766. The van der Waals surface area contributed by atoms with Crippen LogP contribution < -0.4 is 9.64 Å². The van der Waals surface area contributed by atoms with Crippen LogP contribution in [0, 0.1) is 6.92 Å². The summed E-state index contributed by atoms with van der Waals surface area (Å²) in [5, 5.41) is 0. The summed E-state index contributed by atoms with van der Waals surface area (Å²) in [7, 11) is 1.77. The van der Waals surface area contributed by atoms with Gasteiger partial charge < -0.3 is 14.4 Å². The van der Waals surface area contributed by atoms with Crippen molar-refractivity contribution in [3.05, 3.63) is 59.2 Å². The Kier molecular flexibility index (Phi) is 8.44. The molecule has 0 amide bonds. The molecule has 0 radical (unpaired) electrons. The topological polar surface area (TPSA) is 24.9 Å². The highest BCUT2D eigenvalue weighted by Gasteiger charge is 2.30. The first-order valence-corrected chi connectivity index (χ1v) is 9.52. The van der Waals surface area contributed by atoms with Crippen molar-refractivity contribution in [3.63, 3.8) is 0 Å². The van der Waals surface area contributed by atoms with E-state index in [2.05, 4.69) is 59.2 Å². The van der Waals surface area contributed by atoms with Crippen LogP contribution in [0.4, 0.5) is 5.69 Å². The highest BCUT2D eigenvalue weighted by molar-refractivity contribution is 5.85. The number of nitrogens with zero attached hydrogens (tertiary/aromatic N) is 2. The third-order valence-corrected chi connectivity index (χ3v) is 5.60. The van der Waals surface area contributed by atoms with E-state index in [0.717, 1.165) is 51.7 Å². The Labute approximate surface area is 180 Å². The molecule has 0 bridgehead atoms. The summed E-state index contributed by atoms with van der Waals surface area (Å²) in [6.45, 7) is 8.99. The predicted octanol–water partition coefficient (Wildman–Crippen LogP) is 4.28. The number of para-hydroxylation sites is 2. The lowest BCUT2D eigenvalue weighted by Crippen LogP contribution is -2.39. The second-order valence-corrected chi connectivity index (χ2v) is 7.32. The maximum atomic E-state index is 5.67. The van der Waals surface area contributed by atoms with Gasteiger partial charge >= 0.3 is 0 Å². The molecule has 2 heterocycles. The largest absolute Gasteiger partial charge is 0.496 e. The molecule has 1 unspecified atom stereocenters. The highest BCUT2D eigenvalue weighted by atomic mass is 35.5. The third-order valence-electron chi connectivity index (χ3n) is 5.60. The Balaban J connectivity index is 0.00000140. The third kappa shape index (κ3) is 4.74. The molecule has 6 heteroatoms. The van der Waals surface area contributed by atoms with E-state index in [-0.39, 0.29) is 24.8 Å².